The lowest BCUT2D eigenvalue weighted by molar-refractivity contribution is -0.125. The van der Waals surface area contributed by atoms with Crippen molar-refractivity contribution >= 4 is 5.78 Å². The molecule has 1 N–H and O–H groups in total. The number of rotatable bonds is 3. The van der Waals surface area contributed by atoms with Crippen molar-refractivity contribution in [1.29, 1.82) is 0 Å². The molecule has 0 aromatic heterocycles. The van der Waals surface area contributed by atoms with E-state index in [0.29, 0.717) is 23.5 Å². The number of nitrogens with one attached hydrogen (secondary N) is 1. The summed E-state index contributed by atoms with van der Waals surface area (Å²) in [6.45, 7) is 1.80. The second kappa shape index (κ2) is 3.46. The summed E-state index contributed by atoms with van der Waals surface area (Å²) in [5, 5.41) is 3.16. The number of hydrogen-bond donors (Lipinski definition) is 1. The molecule has 2 fully saturated rings. The maximum atomic E-state index is 11.9. The van der Waals surface area contributed by atoms with Crippen LogP contribution in [0.3, 0.4) is 0 Å². The van der Waals surface area contributed by atoms with Crippen LogP contribution in [-0.2, 0) is 4.79 Å². The van der Waals surface area contributed by atoms with Crippen LogP contribution in [0.15, 0.2) is 30.3 Å². The molecule has 0 bridgehead atoms. The fourth-order valence-corrected chi connectivity index (χ4v) is 2.37. The molecule has 0 radical (unpaired) electrons. The van der Waals surface area contributed by atoms with Crippen LogP contribution >= 0.6 is 0 Å². The highest BCUT2D eigenvalue weighted by Crippen LogP contribution is 2.49. The van der Waals surface area contributed by atoms with E-state index in [1.54, 1.807) is 0 Å². The molecule has 1 heterocycles. The van der Waals surface area contributed by atoms with Crippen molar-refractivity contribution in [3.8, 4) is 0 Å². The van der Waals surface area contributed by atoms with Crippen molar-refractivity contribution in [1.82, 2.24) is 5.32 Å². The van der Waals surface area contributed by atoms with Gasteiger partial charge in [-0.25, -0.2) is 0 Å². The van der Waals surface area contributed by atoms with Gasteiger partial charge in [-0.2, -0.15) is 0 Å². The maximum absolute atomic E-state index is 11.9. The Labute approximate surface area is 89.7 Å². The lowest BCUT2D eigenvalue weighted by Crippen LogP contribution is -2.47. The largest absolute Gasteiger partial charge is 0.315 e. The molecule has 2 nitrogen and oxygen atoms in total. The Balaban J connectivity index is 1.66. The van der Waals surface area contributed by atoms with Crippen LogP contribution in [0.4, 0.5) is 0 Å². The van der Waals surface area contributed by atoms with E-state index in [-0.39, 0.29) is 0 Å². The lowest BCUT2D eigenvalue weighted by atomic mass is 9.93. The first-order valence-corrected chi connectivity index (χ1v) is 5.65. The van der Waals surface area contributed by atoms with Crippen LogP contribution < -0.4 is 5.32 Å². The van der Waals surface area contributed by atoms with Gasteiger partial charge in [0.1, 0.15) is 5.78 Å². The van der Waals surface area contributed by atoms with Crippen molar-refractivity contribution < 1.29 is 4.79 Å². The highest BCUT2D eigenvalue weighted by Gasteiger charge is 2.46. The fraction of sp³-hybridized carbons (Fsp3) is 0.462. The molecule has 2 aliphatic rings. The molecule has 1 saturated heterocycles. The highest BCUT2D eigenvalue weighted by atomic mass is 16.1. The number of Topliss-reactive ketones (excluding diaryl/α,β-unsaturated/α-hetero) is 1. The highest BCUT2D eigenvalue weighted by molar-refractivity contribution is 5.88. The monoisotopic (exact) mass is 201 g/mol. The van der Waals surface area contributed by atoms with E-state index in [1.807, 2.05) is 6.07 Å². The summed E-state index contributed by atoms with van der Waals surface area (Å²) >= 11 is 0. The number of benzene rings is 1. The molecular weight excluding hydrogens is 186 g/mol. The smallest absolute Gasteiger partial charge is 0.142 e. The molecule has 78 valence electrons. The second-order valence-electron chi connectivity index (χ2n) is 4.62. The topological polar surface area (TPSA) is 29.1 Å². The molecule has 1 aliphatic carbocycles. The van der Waals surface area contributed by atoms with Crippen LogP contribution in [0.1, 0.15) is 17.9 Å². The number of carbonyl (C=O) groups is 1. The summed E-state index contributed by atoms with van der Waals surface area (Å²) in [4.78, 5) is 11.9. The summed E-state index contributed by atoms with van der Waals surface area (Å²) in [7, 11) is 0. The molecule has 0 spiro atoms. The van der Waals surface area contributed by atoms with Gasteiger partial charge in [0.2, 0.25) is 0 Å². The van der Waals surface area contributed by atoms with Crippen LogP contribution in [-0.4, -0.2) is 18.9 Å². The van der Waals surface area contributed by atoms with Crippen LogP contribution in [0.25, 0.3) is 0 Å². The Kier molecular flexibility index (Phi) is 2.10. The third-order valence-corrected chi connectivity index (χ3v) is 3.57. The van der Waals surface area contributed by atoms with E-state index >= 15 is 0 Å². The second-order valence-corrected chi connectivity index (χ2v) is 4.62. The van der Waals surface area contributed by atoms with E-state index in [4.69, 9.17) is 0 Å². The predicted octanol–water partition coefficient (Wildman–Crippen LogP) is 1.58. The summed E-state index contributed by atoms with van der Waals surface area (Å²) in [5.41, 5.74) is 1.34. The molecule has 3 rings (SSSR count). The number of ketones is 1. The zero-order valence-corrected chi connectivity index (χ0v) is 8.65. The molecule has 0 amide bonds. The Hall–Kier alpha value is -1.15. The molecule has 15 heavy (non-hydrogen) atoms. The minimum absolute atomic E-state index is 0.309. The minimum atomic E-state index is 0.309. The van der Waals surface area contributed by atoms with Gasteiger partial charge in [-0.3, -0.25) is 4.79 Å². The number of carbonyl (C=O) groups excluding carboxylic acids is 1. The van der Waals surface area contributed by atoms with Crippen LogP contribution in [0, 0.1) is 11.8 Å². The maximum Gasteiger partial charge on any atom is 0.142 e. The molecule has 1 aromatic rings. The van der Waals surface area contributed by atoms with Crippen molar-refractivity contribution in [2.75, 3.05) is 13.1 Å². The molecular formula is C13H15NO. The molecule has 2 heteroatoms. The van der Waals surface area contributed by atoms with E-state index in [1.165, 1.54) is 5.56 Å². The van der Waals surface area contributed by atoms with Crippen LogP contribution in [0.5, 0.6) is 0 Å². The summed E-state index contributed by atoms with van der Waals surface area (Å²) in [6, 6.07) is 10.4. The number of hydrogen-bond acceptors (Lipinski definition) is 2. The van der Waals surface area contributed by atoms with Gasteiger partial charge >= 0.3 is 0 Å². The summed E-state index contributed by atoms with van der Waals surface area (Å²) in [6.07, 6.45) is 1.07. The Morgan fingerprint density at radius 3 is 2.53 bits per heavy atom. The zero-order valence-electron chi connectivity index (χ0n) is 8.65. The van der Waals surface area contributed by atoms with Gasteiger partial charge in [-0.15, -0.1) is 0 Å². The normalized spacial score (nSPS) is 29.6. The minimum Gasteiger partial charge on any atom is -0.315 e. The quantitative estimate of drug-likeness (QED) is 0.804. The molecule has 1 saturated carbocycles. The standard InChI is InChI=1S/C13H15NO/c15-13(10-7-14-8-10)12-6-11(12)9-4-2-1-3-5-9/h1-5,10-12,14H,6-8H2. The third kappa shape index (κ3) is 1.59. The molecule has 1 aliphatic heterocycles. The average molecular weight is 201 g/mol. The van der Waals surface area contributed by atoms with Gasteiger partial charge in [0.25, 0.3) is 0 Å². The Bertz CT molecular complexity index is 369. The van der Waals surface area contributed by atoms with Crippen LogP contribution in [0.2, 0.25) is 0 Å². The van der Waals surface area contributed by atoms with Gasteiger partial charge in [-0.05, 0) is 17.9 Å². The molecule has 1 aromatic carbocycles. The van der Waals surface area contributed by atoms with Gasteiger partial charge < -0.3 is 5.32 Å². The van der Waals surface area contributed by atoms with Crippen molar-refractivity contribution in [3.05, 3.63) is 35.9 Å². The van der Waals surface area contributed by atoms with Crippen molar-refractivity contribution in [2.24, 2.45) is 11.8 Å². The molecule has 2 unspecified atom stereocenters. The van der Waals surface area contributed by atoms with Gasteiger partial charge in [-0.1, -0.05) is 30.3 Å². The van der Waals surface area contributed by atoms with Gasteiger partial charge in [0, 0.05) is 24.9 Å². The first kappa shape index (κ1) is 9.10. The van der Waals surface area contributed by atoms with Crippen molar-refractivity contribution in [3.63, 3.8) is 0 Å². The SMILES string of the molecule is O=C(C1CNC1)C1CC1c1ccccc1. The molecule has 2 atom stereocenters. The predicted molar refractivity (Wildman–Crippen MR) is 58.7 cm³/mol. The third-order valence-electron chi connectivity index (χ3n) is 3.57. The summed E-state index contributed by atoms with van der Waals surface area (Å²) < 4.78 is 0. The Morgan fingerprint density at radius 1 is 1.20 bits per heavy atom. The van der Waals surface area contributed by atoms with E-state index in [9.17, 15) is 4.79 Å². The zero-order chi connectivity index (χ0) is 10.3. The summed E-state index contributed by atoms with van der Waals surface area (Å²) in [5.74, 6) is 1.63. The average Bonchev–Trinajstić information content (AvgIpc) is 2.96. The van der Waals surface area contributed by atoms with E-state index in [0.717, 1.165) is 19.5 Å². The van der Waals surface area contributed by atoms with Crippen molar-refractivity contribution in [2.45, 2.75) is 12.3 Å². The lowest BCUT2D eigenvalue weighted by Gasteiger charge is -2.25. The van der Waals surface area contributed by atoms with Gasteiger partial charge in [0.15, 0.2) is 0 Å². The van der Waals surface area contributed by atoms with E-state index < -0.39 is 0 Å². The first-order chi connectivity index (χ1) is 7.36. The van der Waals surface area contributed by atoms with Gasteiger partial charge in [0.05, 0.1) is 0 Å². The van der Waals surface area contributed by atoms with E-state index in [2.05, 4.69) is 29.6 Å². The fourth-order valence-electron chi connectivity index (χ4n) is 2.37. The Morgan fingerprint density at radius 2 is 1.93 bits per heavy atom. The first-order valence-electron chi connectivity index (χ1n) is 5.65.